The number of halogens is 3. The topological polar surface area (TPSA) is 30.5 Å². The van der Waals surface area contributed by atoms with E-state index in [9.17, 15) is 13.2 Å². The minimum absolute atomic E-state index is 0.150. The van der Waals surface area contributed by atoms with E-state index in [0.717, 1.165) is 5.56 Å². The van der Waals surface area contributed by atoms with Crippen LogP contribution < -0.4 is 14.8 Å². The third-order valence-electron chi connectivity index (χ3n) is 2.18. The Hall–Kier alpha value is -1.43. The normalized spacial score (nSPS) is 14.2. The average Bonchev–Trinajstić information content (AvgIpc) is 2.62. The van der Waals surface area contributed by atoms with Crippen molar-refractivity contribution in [2.75, 3.05) is 13.3 Å². The highest BCUT2D eigenvalue weighted by atomic mass is 19.4. The highest BCUT2D eigenvalue weighted by molar-refractivity contribution is 5.44. The molecule has 6 heteroatoms. The molecule has 0 atom stereocenters. The van der Waals surface area contributed by atoms with Crippen LogP contribution in [0, 0.1) is 0 Å². The molecule has 0 saturated heterocycles. The van der Waals surface area contributed by atoms with Crippen molar-refractivity contribution < 1.29 is 22.6 Å². The third kappa shape index (κ3) is 2.79. The van der Waals surface area contributed by atoms with Crippen molar-refractivity contribution in [2.24, 2.45) is 0 Å². The van der Waals surface area contributed by atoms with Gasteiger partial charge in [0.2, 0.25) is 6.79 Å². The molecule has 0 unspecified atom stereocenters. The van der Waals surface area contributed by atoms with Gasteiger partial charge in [0.25, 0.3) is 0 Å². The van der Waals surface area contributed by atoms with Gasteiger partial charge in [0.15, 0.2) is 11.5 Å². The number of hydrogen-bond acceptors (Lipinski definition) is 3. The van der Waals surface area contributed by atoms with Gasteiger partial charge in [-0.05, 0) is 24.1 Å². The molecular formula is C10H10F3NO2. The van der Waals surface area contributed by atoms with Crippen molar-refractivity contribution in [3.05, 3.63) is 23.8 Å². The number of ether oxygens (including phenoxy) is 2. The van der Waals surface area contributed by atoms with Gasteiger partial charge in [0.1, 0.15) is 0 Å². The van der Waals surface area contributed by atoms with Crippen molar-refractivity contribution in [1.82, 2.24) is 5.32 Å². The highest BCUT2D eigenvalue weighted by Gasteiger charge is 2.25. The maximum Gasteiger partial charge on any atom is 0.457 e. The maximum absolute atomic E-state index is 11.8. The van der Waals surface area contributed by atoms with E-state index in [1.54, 1.807) is 18.2 Å². The molecule has 0 amide bonds. The molecule has 1 aromatic carbocycles. The first-order valence-electron chi connectivity index (χ1n) is 4.75. The molecule has 1 aliphatic heterocycles. The van der Waals surface area contributed by atoms with Crippen molar-refractivity contribution in [1.29, 1.82) is 0 Å². The quantitative estimate of drug-likeness (QED) is 0.810. The van der Waals surface area contributed by atoms with Gasteiger partial charge in [0.05, 0.1) is 0 Å². The monoisotopic (exact) mass is 233 g/mol. The molecule has 88 valence electrons. The molecule has 0 bridgehead atoms. The molecule has 0 fully saturated rings. The van der Waals surface area contributed by atoms with Crippen LogP contribution in [0.5, 0.6) is 11.5 Å². The predicted molar refractivity (Wildman–Crippen MR) is 50.3 cm³/mol. The van der Waals surface area contributed by atoms with E-state index >= 15 is 0 Å². The van der Waals surface area contributed by atoms with Gasteiger partial charge in [-0.15, -0.1) is 0 Å². The summed E-state index contributed by atoms with van der Waals surface area (Å²) < 4.78 is 45.7. The number of benzene rings is 1. The zero-order chi connectivity index (χ0) is 11.6. The number of rotatable bonds is 3. The number of fused-ring (bicyclic) bond motifs is 1. The Balaban J connectivity index is 1.91. The van der Waals surface area contributed by atoms with E-state index in [1.165, 1.54) is 5.32 Å². The summed E-state index contributed by atoms with van der Waals surface area (Å²) in [5, 5.41) is 1.47. The van der Waals surface area contributed by atoms with E-state index in [2.05, 4.69) is 0 Å². The van der Waals surface area contributed by atoms with E-state index in [1.807, 2.05) is 0 Å². The fraction of sp³-hybridized carbons (Fsp3) is 0.400. The summed E-state index contributed by atoms with van der Waals surface area (Å²) in [5.74, 6) is 1.22. The van der Waals surface area contributed by atoms with E-state index in [4.69, 9.17) is 9.47 Å². The number of hydrogen-bond donors (Lipinski definition) is 1. The minimum Gasteiger partial charge on any atom is -0.454 e. The van der Waals surface area contributed by atoms with Crippen LogP contribution in [0.25, 0.3) is 0 Å². The smallest absolute Gasteiger partial charge is 0.454 e. The van der Waals surface area contributed by atoms with E-state index in [-0.39, 0.29) is 19.8 Å². The molecule has 0 aliphatic carbocycles. The molecule has 2 rings (SSSR count). The summed E-state index contributed by atoms with van der Waals surface area (Å²) in [4.78, 5) is 0. The molecule has 16 heavy (non-hydrogen) atoms. The molecule has 0 radical (unpaired) electrons. The summed E-state index contributed by atoms with van der Waals surface area (Å²) in [7, 11) is 0. The first-order valence-corrected chi connectivity index (χ1v) is 4.75. The molecule has 0 saturated carbocycles. The molecule has 3 nitrogen and oxygen atoms in total. The summed E-state index contributed by atoms with van der Waals surface area (Å²) >= 11 is 0. The van der Waals surface area contributed by atoms with Crippen molar-refractivity contribution in [3.8, 4) is 11.5 Å². The number of nitrogens with one attached hydrogen (secondary N) is 1. The second-order valence-corrected chi connectivity index (χ2v) is 3.36. The van der Waals surface area contributed by atoms with E-state index in [0.29, 0.717) is 11.5 Å². The Morgan fingerprint density at radius 3 is 2.69 bits per heavy atom. The van der Waals surface area contributed by atoms with Crippen LogP contribution in [0.1, 0.15) is 5.56 Å². The number of alkyl halides is 3. The third-order valence-corrected chi connectivity index (χ3v) is 2.18. The molecule has 1 aliphatic rings. The van der Waals surface area contributed by atoms with Gasteiger partial charge >= 0.3 is 6.30 Å². The lowest BCUT2D eigenvalue weighted by atomic mass is 10.1. The Labute approximate surface area is 90.2 Å². The lowest BCUT2D eigenvalue weighted by Crippen LogP contribution is -2.33. The molecule has 0 spiro atoms. The van der Waals surface area contributed by atoms with Crippen LogP contribution in [-0.4, -0.2) is 19.6 Å². The van der Waals surface area contributed by atoms with Gasteiger partial charge in [-0.3, -0.25) is 0 Å². The van der Waals surface area contributed by atoms with Crippen LogP contribution in [-0.2, 0) is 6.42 Å². The zero-order valence-corrected chi connectivity index (χ0v) is 8.30. The van der Waals surface area contributed by atoms with Crippen molar-refractivity contribution >= 4 is 0 Å². The maximum atomic E-state index is 11.8. The summed E-state index contributed by atoms with van der Waals surface area (Å²) in [6.07, 6.45) is -4.04. The van der Waals surface area contributed by atoms with Crippen molar-refractivity contribution in [3.63, 3.8) is 0 Å². The van der Waals surface area contributed by atoms with Gasteiger partial charge in [-0.2, -0.15) is 13.2 Å². The Morgan fingerprint density at radius 2 is 1.94 bits per heavy atom. The molecule has 1 N–H and O–H groups in total. The molecule has 0 aromatic heterocycles. The first-order chi connectivity index (χ1) is 7.54. The van der Waals surface area contributed by atoms with Gasteiger partial charge < -0.3 is 9.47 Å². The fourth-order valence-corrected chi connectivity index (χ4v) is 1.45. The van der Waals surface area contributed by atoms with Crippen molar-refractivity contribution in [2.45, 2.75) is 12.7 Å². The van der Waals surface area contributed by atoms with Crippen LogP contribution >= 0.6 is 0 Å². The summed E-state index contributed by atoms with van der Waals surface area (Å²) in [5.41, 5.74) is 0.779. The predicted octanol–water partition coefficient (Wildman–Crippen LogP) is 2.07. The second kappa shape index (κ2) is 4.21. The Kier molecular flexibility index (Phi) is 2.91. The van der Waals surface area contributed by atoms with Crippen LogP contribution in [0.3, 0.4) is 0 Å². The standard InChI is InChI=1S/C10H10F3NO2/c11-10(12,13)14-4-3-7-1-2-8-9(5-7)16-6-15-8/h1-2,5,14H,3-4,6H2. The summed E-state index contributed by atoms with van der Waals surface area (Å²) in [6.45, 7) is 0.0166. The summed E-state index contributed by atoms with van der Waals surface area (Å²) in [6, 6.07) is 5.12. The molecule has 1 heterocycles. The largest absolute Gasteiger partial charge is 0.457 e. The molecular weight excluding hydrogens is 223 g/mol. The molecule has 1 aromatic rings. The second-order valence-electron chi connectivity index (χ2n) is 3.36. The Morgan fingerprint density at radius 1 is 1.19 bits per heavy atom. The van der Waals surface area contributed by atoms with Crippen LogP contribution in [0.2, 0.25) is 0 Å². The fourth-order valence-electron chi connectivity index (χ4n) is 1.45. The lowest BCUT2D eigenvalue weighted by Gasteiger charge is -2.08. The van der Waals surface area contributed by atoms with Gasteiger partial charge in [-0.25, -0.2) is 5.32 Å². The minimum atomic E-state index is -4.32. The van der Waals surface area contributed by atoms with Gasteiger partial charge in [-0.1, -0.05) is 6.07 Å². The van der Waals surface area contributed by atoms with E-state index < -0.39 is 6.30 Å². The average molecular weight is 233 g/mol. The highest BCUT2D eigenvalue weighted by Crippen LogP contribution is 2.32. The first kappa shape index (κ1) is 11.1. The zero-order valence-electron chi connectivity index (χ0n) is 8.30. The van der Waals surface area contributed by atoms with Gasteiger partial charge in [0, 0.05) is 6.54 Å². The lowest BCUT2D eigenvalue weighted by molar-refractivity contribution is -0.156. The van der Waals surface area contributed by atoms with Crippen LogP contribution in [0.4, 0.5) is 13.2 Å². The SMILES string of the molecule is FC(F)(F)NCCc1ccc2c(c1)OCO2. The Bertz CT molecular complexity index is 379. The van der Waals surface area contributed by atoms with Crippen LogP contribution in [0.15, 0.2) is 18.2 Å².